The molecule has 0 spiro atoms. The van der Waals surface area contributed by atoms with E-state index in [4.69, 9.17) is 4.74 Å². The molecule has 1 amide bonds. The van der Waals surface area contributed by atoms with Gasteiger partial charge < -0.3 is 10.1 Å². The Morgan fingerprint density at radius 1 is 1.29 bits per heavy atom. The average molecular weight is 479 g/mol. The first-order valence-corrected chi connectivity index (χ1v) is 12.4. The summed E-state index contributed by atoms with van der Waals surface area (Å²) in [4.78, 5) is 30.4. The van der Waals surface area contributed by atoms with Gasteiger partial charge in [-0.05, 0) is 50.1 Å². The van der Waals surface area contributed by atoms with Crippen molar-refractivity contribution < 1.29 is 17.9 Å². The second-order valence-electron chi connectivity index (χ2n) is 8.18. The van der Waals surface area contributed by atoms with Crippen LogP contribution in [0.5, 0.6) is 11.6 Å². The number of amides is 1. The predicted molar refractivity (Wildman–Crippen MR) is 126 cm³/mol. The van der Waals surface area contributed by atoms with Crippen molar-refractivity contribution in [3.63, 3.8) is 0 Å². The number of fused-ring (bicyclic) bond motifs is 1. The first-order valence-electron chi connectivity index (χ1n) is 10.6. The van der Waals surface area contributed by atoms with Gasteiger partial charge in [-0.3, -0.25) is 14.0 Å². The Labute approximate surface area is 196 Å². The summed E-state index contributed by atoms with van der Waals surface area (Å²) in [6.45, 7) is 3.80. The van der Waals surface area contributed by atoms with Crippen LogP contribution in [0.25, 0.3) is 11.7 Å². The van der Waals surface area contributed by atoms with Crippen LogP contribution in [0.1, 0.15) is 23.1 Å². The molecule has 1 saturated heterocycles. The van der Waals surface area contributed by atoms with Crippen molar-refractivity contribution >= 4 is 27.5 Å². The number of nitrogens with one attached hydrogen (secondary N) is 1. The van der Waals surface area contributed by atoms with Crippen molar-refractivity contribution in [1.29, 1.82) is 5.26 Å². The minimum absolute atomic E-state index is 0.0205. The van der Waals surface area contributed by atoms with Crippen LogP contribution < -0.4 is 15.6 Å². The highest BCUT2D eigenvalue weighted by Crippen LogP contribution is 2.27. The largest absolute Gasteiger partial charge is 0.438 e. The Morgan fingerprint density at radius 2 is 2.09 bits per heavy atom. The second-order valence-corrected chi connectivity index (χ2v) is 10.4. The van der Waals surface area contributed by atoms with E-state index in [1.165, 1.54) is 10.6 Å². The molecular formula is C24H22N4O5S. The van der Waals surface area contributed by atoms with Gasteiger partial charge in [0.05, 0.1) is 11.5 Å². The highest BCUT2D eigenvalue weighted by atomic mass is 32.2. The summed E-state index contributed by atoms with van der Waals surface area (Å²) in [5.74, 6) is -0.537. The zero-order chi connectivity index (χ0) is 24.5. The molecule has 4 rings (SSSR count). The van der Waals surface area contributed by atoms with Gasteiger partial charge in [0.15, 0.2) is 9.84 Å². The molecule has 0 saturated carbocycles. The number of ether oxygens (including phenoxy) is 1. The van der Waals surface area contributed by atoms with Gasteiger partial charge in [-0.15, -0.1) is 0 Å². The van der Waals surface area contributed by atoms with E-state index in [9.17, 15) is 23.3 Å². The van der Waals surface area contributed by atoms with E-state index < -0.39 is 27.3 Å². The van der Waals surface area contributed by atoms with Gasteiger partial charge in [0.25, 0.3) is 11.5 Å². The van der Waals surface area contributed by atoms with Crippen LogP contribution in [0.2, 0.25) is 0 Å². The second kappa shape index (κ2) is 9.11. The lowest BCUT2D eigenvalue weighted by Gasteiger charge is -2.13. The summed E-state index contributed by atoms with van der Waals surface area (Å²) in [7, 11) is -3.21. The smallest absolute Gasteiger partial charge is 0.269 e. The van der Waals surface area contributed by atoms with Crippen molar-refractivity contribution in [3.8, 4) is 17.7 Å². The lowest BCUT2D eigenvalue weighted by molar-refractivity contribution is -0.117. The van der Waals surface area contributed by atoms with Crippen LogP contribution in [0.15, 0.2) is 53.0 Å². The van der Waals surface area contributed by atoms with Gasteiger partial charge in [-0.1, -0.05) is 23.8 Å². The van der Waals surface area contributed by atoms with Crippen molar-refractivity contribution in [2.24, 2.45) is 0 Å². The molecule has 0 bridgehead atoms. The number of hydrogen-bond donors (Lipinski definition) is 1. The first-order chi connectivity index (χ1) is 16.2. The maximum atomic E-state index is 13.3. The van der Waals surface area contributed by atoms with Crippen LogP contribution in [0.3, 0.4) is 0 Å². The quantitative estimate of drug-likeness (QED) is 0.440. The first kappa shape index (κ1) is 23.2. The number of carbonyl (C=O) groups is 1. The summed E-state index contributed by atoms with van der Waals surface area (Å²) >= 11 is 0. The number of carbonyl (C=O) groups excluding carboxylic acids is 1. The Kier molecular flexibility index (Phi) is 6.22. The van der Waals surface area contributed by atoms with Gasteiger partial charge in [-0.25, -0.2) is 8.42 Å². The van der Waals surface area contributed by atoms with Crippen LogP contribution >= 0.6 is 0 Å². The van der Waals surface area contributed by atoms with Gasteiger partial charge in [-0.2, -0.15) is 10.2 Å². The highest BCUT2D eigenvalue weighted by molar-refractivity contribution is 7.91. The molecule has 1 aliphatic heterocycles. The number of nitriles is 1. The lowest BCUT2D eigenvalue weighted by Crippen LogP contribution is -2.36. The molecule has 0 unspecified atom stereocenters. The standard InChI is InChI=1S/C24H22N4O5S/c1-15-6-7-20(16(2)11-15)33-23-19(24(30)28-9-4-3-5-21(28)27-23)12-17(13-25)22(29)26-18-8-10-34(31,32)14-18/h3-7,9,11-12,18H,8,10,14H2,1-2H3,(H,26,29)/b17-12+/t18-/m0/s1. The molecule has 10 heteroatoms. The maximum Gasteiger partial charge on any atom is 0.269 e. The molecule has 1 aliphatic rings. The van der Waals surface area contributed by atoms with Gasteiger partial charge in [0, 0.05) is 12.2 Å². The van der Waals surface area contributed by atoms with E-state index in [-0.39, 0.29) is 34.9 Å². The summed E-state index contributed by atoms with van der Waals surface area (Å²) in [6, 6.07) is 11.8. The molecule has 1 aromatic carbocycles. The molecule has 0 radical (unpaired) electrons. The van der Waals surface area contributed by atoms with E-state index >= 15 is 0 Å². The summed E-state index contributed by atoms with van der Waals surface area (Å²) in [5, 5.41) is 12.2. The maximum absolute atomic E-state index is 13.3. The number of benzene rings is 1. The third kappa shape index (κ3) is 4.84. The zero-order valence-corrected chi connectivity index (χ0v) is 19.4. The number of pyridine rings is 1. The normalized spacial score (nSPS) is 17.3. The fourth-order valence-corrected chi connectivity index (χ4v) is 5.44. The SMILES string of the molecule is Cc1ccc(Oc2nc3ccccn3c(=O)c2/C=C(\C#N)C(=O)N[C@H]2CCS(=O)(=O)C2)c(C)c1. The summed E-state index contributed by atoms with van der Waals surface area (Å²) in [6.07, 6.45) is 2.93. The molecule has 0 aliphatic carbocycles. The molecule has 3 aromatic rings. The number of hydrogen-bond acceptors (Lipinski definition) is 7. The molecule has 3 heterocycles. The Balaban J connectivity index is 1.77. The van der Waals surface area contributed by atoms with Crippen LogP contribution in [-0.4, -0.2) is 41.3 Å². The number of rotatable bonds is 5. The molecule has 1 N–H and O–H groups in total. The van der Waals surface area contributed by atoms with Gasteiger partial charge >= 0.3 is 0 Å². The molecule has 1 fully saturated rings. The van der Waals surface area contributed by atoms with E-state index in [1.54, 1.807) is 30.3 Å². The molecule has 34 heavy (non-hydrogen) atoms. The van der Waals surface area contributed by atoms with Crippen molar-refractivity contribution in [2.75, 3.05) is 11.5 Å². The van der Waals surface area contributed by atoms with Crippen LogP contribution in [0.4, 0.5) is 0 Å². The van der Waals surface area contributed by atoms with E-state index in [2.05, 4.69) is 10.3 Å². The fraction of sp³-hybridized carbons (Fsp3) is 0.250. The number of aryl methyl sites for hydroxylation is 2. The fourth-order valence-electron chi connectivity index (χ4n) is 3.77. The van der Waals surface area contributed by atoms with E-state index in [0.29, 0.717) is 11.4 Å². The summed E-state index contributed by atoms with van der Waals surface area (Å²) < 4.78 is 30.6. The Bertz CT molecular complexity index is 1530. The molecule has 174 valence electrons. The van der Waals surface area contributed by atoms with E-state index in [1.807, 2.05) is 26.0 Å². The third-order valence-electron chi connectivity index (χ3n) is 5.49. The summed E-state index contributed by atoms with van der Waals surface area (Å²) in [5.41, 5.74) is 1.25. The third-order valence-corrected chi connectivity index (χ3v) is 7.26. The lowest BCUT2D eigenvalue weighted by atomic mass is 10.1. The average Bonchev–Trinajstić information content (AvgIpc) is 3.13. The number of nitrogens with zero attached hydrogens (tertiary/aromatic N) is 3. The minimum atomic E-state index is -3.21. The van der Waals surface area contributed by atoms with Gasteiger partial charge in [0.1, 0.15) is 28.6 Å². The zero-order valence-electron chi connectivity index (χ0n) is 18.6. The van der Waals surface area contributed by atoms with Crippen molar-refractivity contribution in [1.82, 2.24) is 14.7 Å². The molecule has 1 atom stereocenters. The number of sulfone groups is 1. The Hall–Kier alpha value is -3.97. The number of aromatic nitrogens is 2. The topological polar surface area (TPSA) is 131 Å². The Morgan fingerprint density at radius 3 is 2.76 bits per heavy atom. The van der Waals surface area contributed by atoms with Crippen LogP contribution in [-0.2, 0) is 14.6 Å². The van der Waals surface area contributed by atoms with E-state index in [0.717, 1.165) is 17.2 Å². The predicted octanol–water partition coefficient (Wildman–Crippen LogP) is 2.31. The van der Waals surface area contributed by atoms with Gasteiger partial charge in [0.2, 0.25) is 5.88 Å². The minimum Gasteiger partial charge on any atom is -0.438 e. The molecule has 2 aromatic heterocycles. The highest BCUT2D eigenvalue weighted by Gasteiger charge is 2.30. The van der Waals surface area contributed by atoms with Crippen molar-refractivity contribution in [2.45, 2.75) is 26.3 Å². The molecule has 9 nitrogen and oxygen atoms in total. The molecular weight excluding hydrogens is 456 g/mol. The van der Waals surface area contributed by atoms with Crippen molar-refractivity contribution in [3.05, 3.63) is 75.2 Å². The monoisotopic (exact) mass is 478 g/mol. The van der Waals surface area contributed by atoms with Crippen LogP contribution in [0, 0.1) is 25.2 Å².